The Labute approximate surface area is 136 Å². The van der Waals surface area contributed by atoms with Crippen LogP contribution in [0.25, 0.3) is 11.3 Å². The molecule has 0 atom stereocenters. The van der Waals surface area contributed by atoms with Crippen molar-refractivity contribution in [3.8, 4) is 5.69 Å². The highest BCUT2D eigenvalue weighted by molar-refractivity contribution is 6.30. The largest absolute Gasteiger partial charge is 0.350 e. The van der Waals surface area contributed by atoms with Gasteiger partial charge in [0.1, 0.15) is 0 Å². The molecule has 7 heteroatoms. The van der Waals surface area contributed by atoms with Gasteiger partial charge in [-0.3, -0.25) is 9.36 Å². The normalized spacial score (nSPS) is 15.0. The van der Waals surface area contributed by atoms with Crippen molar-refractivity contribution in [2.24, 2.45) is 5.92 Å². The van der Waals surface area contributed by atoms with E-state index in [2.05, 4.69) is 5.10 Å². The second-order valence-corrected chi connectivity index (χ2v) is 6.34. The molecule has 6 nitrogen and oxygen atoms in total. The highest BCUT2D eigenvalue weighted by Crippen LogP contribution is 2.27. The van der Waals surface area contributed by atoms with Gasteiger partial charge in [-0.1, -0.05) is 24.1 Å². The van der Waals surface area contributed by atoms with Crippen LogP contribution in [0.4, 0.5) is 0 Å². The van der Waals surface area contributed by atoms with Crippen molar-refractivity contribution in [1.29, 1.82) is 0 Å². The van der Waals surface area contributed by atoms with Crippen molar-refractivity contribution >= 4 is 17.2 Å². The molecule has 0 amide bonds. The standard InChI is InChI=1S/C16H15ClN4O2/c17-12-5-2-6-13(9-12)19-7-8-20-14(15(19)22)18-21(16(20)23)10-11-3-1-4-11/h2,5-9,11H,1,3-4,10H2. The molecule has 1 fully saturated rings. The molecule has 0 bridgehead atoms. The van der Waals surface area contributed by atoms with E-state index in [1.54, 1.807) is 36.7 Å². The maximum atomic E-state index is 12.7. The van der Waals surface area contributed by atoms with Crippen molar-refractivity contribution in [1.82, 2.24) is 18.7 Å². The Balaban J connectivity index is 1.85. The van der Waals surface area contributed by atoms with Crippen LogP contribution in [0, 0.1) is 5.92 Å². The predicted molar refractivity (Wildman–Crippen MR) is 87.4 cm³/mol. The van der Waals surface area contributed by atoms with Gasteiger partial charge in [-0.05, 0) is 37.0 Å². The van der Waals surface area contributed by atoms with Gasteiger partial charge in [0.15, 0.2) is 0 Å². The van der Waals surface area contributed by atoms with Crippen LogP contribution in [-0.2, 0) is 6.54 Å². The molecular weight excluding hydrogens is 316 g/mol. The maximum absolute atomic E-state index is 12.7. The van der Waals surface area contributed by atoms with E-state index in [9.17, 15) is 9.59 Å². The van der Waals surface area contributed by atoms with Crippen molar-refractivity contribution in [3.63, 3.8) is 0 Å². The molecule has 0 spiro atoms. The Hall–Kier alpha value is -2.34. The molecule has 3 aromatic rings. The second-order valence-electron chi connectivity index (χ2n) is 5.91. The van der Waals surface area contributed by atoms with Crippen LogP contribution >= 0.6 is 11.6 Å². The fourth-order valence-electron chi connectivity index (χ4n) is 2.88. The first-order valence-corrected chi connectivity index (χ1v) is 7.98. The Kier molecular flexibility index (Phi) is 3.34. The van der Waals surface area contributed by atoms with Gasteiger partial charge in [-0.25, -0.2) is 13.9 Å². The maximum Gasteiger partial charge on any atom is 0.350 e. The van der Waals surface area contributed by atoms with Gasteiger partial charge in [0.25, 0.3) is 0 Å². The van der Waals surface area contributed by atoms with E-state index in [-0.39, 0.29) is 16.9 Å². The first kappa shape index (κ1) is 14.3. The molecular formula is C16H15ClN4O2. The van der Waals surface area contributed by atoms with Gasteiger partial charge in [0, 0.05) is 24.0 Å². The van der Waals surface area contributed by atoms with Crippen molar-refractivity contribution in [3.05, 3.63) is 62.5 Å². The van der Waals surface area contributed by atoms with Gasteiger partial charge in [-0.15, -0.1) is 5.10 Å². The molecule has 118 valence electrons. The molecule has 23 heavy (non-hydrogen) atoms. The zero-order valence-corrected chi connectivity index (χ0v) is 13.1. The first-order valence-electron chi connectivity index (χ1n) is 7.60. The highest BCUT2D eigenvalue weighted by atomic mass is 35.5. The lowest BCUT2D eigenvalue weighted by Gasteiger charge is -2.24. The van der Waals surface area contributed by atoms with E-state index in [1.807, 2.05) is 0 Å². The minimum Gasteiger partial charge on any atom is -0.280 e. The van der Waals surface area contributed by atoms with Gasteiger partial charge >= 0.3 is 11.2 Å². The SMILES string of the molecule is O=c1c2nn(CC3CCC3)c(=O)n2ccn1-c1cccc(Cl)c1. The summed E-state index contributed by atoms with van der Waals surface area (Å²) in [4.78, 5) is 25.0. The molecule has 2 aromatic heterocycles. The van der Waals surface area contributed by atoms with Gasteiger partial charge < -0.3 is 0 Å². The van der Waals surface area contributed by atoms with E-state index in [1.165, 1.54) is 20.1 Å². The lowest BCUT2D eigenvalue weighted by Crippen LogP contribution is -2.28. The third kappa shape index (κ3) is 2.39. The van der Waals surface area contributed by atoms with Gasteiger partial charge in [-0.2, -0.15) is 0 Å². The Morgan fingerprint density at radius 2 is 2.04 bits per heavy atom. The number of halogens is 1. The molecule has 0 N–H and O–H groups in total. The lowest BCUT2D eigenvalue weighted by atomic mass is 9.86. The van der Waals surface area contributed by atoms with Crippen LogP contribution in [0.3, 0.4) is 0 Å². The highest BCUT2D eigenvalue weighted by Gasteiger charge is 2.21. The quantitative estimate of drug-likeness (QED) is 0.739. The van der Waals surface area contributed by atoms with E-state index < -0.39 is 0 Å². The number of rotatable bonds is 3. The zero-order chi connectivity index (χ0) is 16.0. The number of hydrogen-bond donors (Lipinski definition) is 0. The number of fused-ring (bicyclic) bond motifs is 1. The molecule has 1 aromatic carbocycles. The number of benzene rings is 1. The van der Waals surface area contributed by atoms with Crippen molar-refractivity contribution in [2.75, 3.05) is 0 Å². The van der Waals surface area contributed by atoms with E-state index >= 15 is 0 Å². The summed E-state index contributed by atoms with van der Waals surface area (Å²) >= 11 is 5.98. The van der Waals surface area contributed by atoms with Crippen LogP contribution < -0.4 is 11.2 Å². The third-order valence-electron chi connectivity index (χ3n) is 4.39. The fourth-order valence-corrected chi connectivity index (χ4v) is 3.06. The summed E-state index contributed by atoms with van der Waals surface area (Å²) in [6.07, 6.45) is 6.58. The minimum atomic E-state index is -0.334. The molecule has 1 aliphatic rings. The number of hydrogen-bond acceptors (Lipinski definition) is 3. The fraction of sp³-hybridized carbons (Fsp3) is 0.312. The smallest absolute Gasteiger partial charge is 0.280 e. The van der Waals surface area contributed by atoms with Crippen LogP contribution in [0.15, 0.2) is 46.2 Å². The number of aromatic nitrogens is 4. The summed E-state index contributed by atoms with van der Waals surface area (Å²) in [6.45, 7) is 0.580. The van der Waals surface area contributed by atoms with Crippen molar-refractivity contribution < 1.29 is 0 Å². The monoisotopic (exact) mass is 330 g/mol. The van der Waals surface area contributed by atoms with Crippen LogP contribution in [0.2, 0.25) is 5.02 Å². The topological polar surface area (TPSA) is 61.3 Å². The summed E-state index contributed by atoms with van der Waals surface area (Å²) < 4.78 is 4.16. The Bertz CT molecular complexity index is 997. The molecule has 0 aliphatic heterocycles. The van der Waals surface area contributed by atoms with Crippen LogP contribution in [0.5, 0.6) is 0 Å². The summed E-state index contributed by atoms with van der Waals surface area (Å²) in [5, 5.41) is 4.79. The Morgan fingerprint density at radius 3 is 2.74 bits per heavy atom. The zero-order valence-electron chi connectivity index (χ0n) is 12.4. The van der Waals surface area contributed by atoms with Crippen LogP contribution in [-0.4, -0.2) is 18.7 Å². The van der Waals surface area contributed by atoms with E-state index in [0.29, 0.717) is 23.2 Å². The third-order valence-corrected chi connectivity index (χ3v) is 4.62. The Morgan fingerprint density at radius 1 is 1.22 bits per heavy atom. The summed E-state index contributed by atoms with van der Waals surface area (Å²) in [5.74, 6) is 0.493. The number of nitrogens with zero attached hydrogens (tertiary/aromatic N) is 4. The summed E-state index contributed by atoms with van der Waals surface area (Å²) in [7, 11) is 0. The summed E-state index contributed by atoms with van der Waals surface area (Å²) in [6, 6.07) is 7.00. The molecule has 4 rings (SSSR count). The van der Waals surface area contributed by atoms with Gasteiger partial charge in [0.2, 0.25) is 5.65 Å². The van der Waals surface area contributed by atoms with Crippen LogP contribution in [0.1, 0.15) is 19.3 Å². The molecule has 0 saturated heterocycles. The molecule has 1 saturated carbocycles. The molecule has 0 radical (unpaired) electrons. The van der Waals surface area contributed by atoms with E-state index in [0.717, 1.165) is 12.8 Å². The predicted octanol–water partition coefficient (Wildman–Crippen LogP) is 2.10. The summed E-state index contributed by atoms with van der Waals surface area (Å²) in [5.41, 5.74) is 0.185. The molecule has 1 aliphatic carbocycles. The lowest BCUT2D eigenvalue weighted by molar-refractivity contribution is 0.263. The first-order chi connectivity index (χ1) is 11.1. The van der Waals surface area contributed by atoms with Crippen molar-refractivity contribution in [2.45, 2.75) is 25.8 Å². The van der Waals surface area contributed by atoms with E-state index in [4.69, 9.17) is 11.6 Å². The molecule has 2 heterocycles. The minimum absolute atomic E-state index is 0.136. The average Bonchev–Trinajstić information content (AvgIpc) is 2.81. The second kappa shape index (κ2) is 5.38. The average molecular weight is 331 g/mol. The molecule has 0 unspecified atom stereocenters. The van der Waals surface area contributed by atoms with Gasteiger partial charge in [0.05, 0.1) is 5.69 Å².